The fraction of sp³-hybridized carbons (Fsp3) is 0.429. The van der Waals surface area contributed by atoms with Crippen LogP contribution in [0.2, 0.25) is 5.02 Å². The largest absolute Gasteiger partial charge is 0.495 e. The Morgan fingerprint density at radius 3 is 2.50 bits per heavy atom. The molecule has 0 bridgehead atoms. The van der Waals surface area contributed by atoms with Crippen LogP contribution in [0.15, 0.2) is 12.1 Å². The van der Waals surface area contributed by atoms with Crippen molar-refractivity contribution in [2.24, 2.45) is 5.41 Å². The Morgan fingerprint density at radius 1 is 1.40 bits per heavy atom. The van der Waals surface area contributed by atoms with E-state index >= 15 is 0 Å². The lowest BCUT2D eigenvalue weighted by Gasteiger charge is -2.35. The summed E-state index contributed by atoms with van der Waals surface area (Å²) >= 11 is 5.99. The first kappa shape index (κ1) is 14.7. The van der Waals surface area contributed by atoms with Crippen molar-refractivity contribution in [3.8, 4) is 5.75 Å². The third kappa shape index (κ3) is 2.33. The van der Waals surface area contributed by atoms with Crippen molar-refractivity contribution >= 4 is 29.2 Å². The number of halogens is 1. The maximum absolute atomic E-state index is 12.2. The molecule has 108 valence electrons. The predicted octanol–water partition coefficient (Wildman–Crippen LogP) is 2.85. The summed E-state index contributed by atoms with van der Waals surface area (Å²) in [5.41, 5.74) is -0.0916. The first-order valence-electron chi connectivity index (χ1n) is 6.30. The van der Waals surface area contributed by atoms with Crippen molar-refractivity contribution in [3.63, 3.8) is 0 Å². The summed E-state index contributed by atoms with van der Waals surface area (Å²) in [7, 11) is 1.47. The number of benzene rings is 1. The van der Waals surface area contributed by atoms with E-state index in [4.69, 9.17) is 16.3 Å². The Bertz CT molecular complexity index is 567. The minimum atomic E-state index is -1.31. The number of ether oxygens (including phenoxy) is 1. The zero-order valence-electron chi connectivity index (χ0n) is 11.3. The molecule has 0 unspecified atom stereocenters. The summed E-state index contributed by atoms with van der Waals surface area (Å²) in [6.07, 6.45) is 1.47. The Kier molecular flexibility index (Phi) is 3.90. The SMILES string of the molecule is COc1cc(Cl)c(C)cc1NC(=O)C1(C(=O)O)CCC1. The van der Waals surface area contributed by atoms with Crippen molar-refractivity contribution < 1.29 is 19.4 Å². The molecule has 2 N–H and O–H groups in total. The number of carboxylic acids is 1. The molecule has 1 saturated carbocycles. The lowest BCUT2D eigenvalue weighted by atomic mass is 9.68. The fourth-order valence-electron chi connectivity index (χ4n) is 2.24. The molecule has 1 fully saturated rings. The van der Waals surface area contributed by atoms with Gasteiger partial charge in [0.15, 0.2) is 0 Å². The van der Waals surface area contributed by atoms with E-state index in [1.807, 2.05) is 0 Å². The van der Waals surface area contributed by atoms with Gasteiger partial charge in [-0.3, -0.25) is 9.59 Å². The highest BCUT2D eigenvalue weighted by molar-refractivity contribution is 6.31. The molecular weight excluding hydrogens is 282 g/mol. The molecule has 0 heterocycles. The van der Waals surface area contributed by atoms with E-state index in [-0.39, 0.29) is 0 Å². The summed E-state index contributed by atoms with van der Waals surface area (Å²) in [5, 5.41) is 12.4. The van der Waals surface area contributed by atoms with Gasteiger partial charge >= 0.3 is 5.97 Å². The van der Waals surface area contributed by atoms with Crippen LogP contribution >= 0.6 is 11.6 Å². The lowest BCUT2D eigenvalue weighted by molar-refractivity contribution is -0.159. The number of aryl methyl sites for hydroxylation is 1. The molecular formula is C14H16ClNO4. The lowest BCUT2D eigenvalue weighted by Crippen LogP contribution is -2.48. The van der Waals surface area contributed by atoms with Crippen LogP contribution in [-0.4, -0.2) is 24.1 Å². The standard InChI is InChI=1S/C14H16ClNO4/c1-8-6-10(11(20-2)7-9(8)15)16-12(17)14(13(18)19)4-3-5-14/h6-7H,3-5H2,1-2H3,(H,16,17)(H,18,19). The highest BCUT2D eigenvalue weighted by atomic mass is 35.5. The number of hydrogen-bond acceptors (Lipinski definition) is 3. The maximum Gasteiger partial charge on any atom is 0.319 e. The number of rotatable bonds is 4. The number of carbonyl (C=O) groups excluding carboxylic acids is 1. The highest BCUT2D eigenvalue weighted by Crippen LogP contribution is 2.43. The second kappa shape index (κ2) is 5.32. The van der Waals surface area contributed by atoms with Gasteiger partial charge in [0.2, 0.25) is 5.91 Å². The van der Waals surface area contributed by atoms with Gasteiger partial charge in [-0.2, -0.15) is 0 Å². The number of nitrogens with one attached hydrogen (secondary N) is 1. The molecule has 0 aromatic heterocycles. The molecule has 6 heteroatoms. The van der Waals surface area contributed by atoms with Crippen LogP contribution in [0, 0.1) is 12.3 Å². The number of aliphatic carboxylic acids is 1. The number of methoxy groups -OCH3 is 1. The Morgan fingerprint density at radius 2 is 2.05 bits per heavy atom. The number of hydrogen-bond donors (Lipinski definition) is 2. The molecule has 0 aliphatic heterocycles. The topological polar surface area (TPSA) is 75.6 Å². The van der Waals surface area contributed by atoms with Crippen LogP contribution < -0.4 is 10.1 Å². The van der Waals surface area contributed by atoms with Gasteiger partial charge in [0.25, 0.3) is 0 Å². The Labute approximate surface area is 121 Å². The molecule has 1 amide bonds. The average molecular weight is 298 g/mol. The number of carbonyl (C=O) groups is 2. The second-order valence-corrected chi connectivity index (χ2v) is 5.40. The van der Waals surface area contributed by atoms with Crippen molar-refractivity contribution in [2.75, 3.05) is 12.4 Å². The van der Waals surface area contributed by atoms with Crippen LogP contribution in [-0.2, 0) is 9.59 Å². The van der Waals surface area contributed by atoms with E-state index in [0.717, 1.165) is 12.0 Å². The molecule has 20 heavy (non-hydrogen) atoms. The van der Waals surface area contributed by atoms with Crippen LogP contribution in [0.5, 0.6) is 5.75 Å². The fourth-order valence-corrected chi connectivity index (χ4v) is 2.39. The molecule has 1 aromatic carbocycles. The van der Waals surface area contributed by atoms with E-state index in [1.54, 1.807) is 19.1 Å². The monoisotopic (exact) mass is 297 g/mol. The van der Waals surface area contributed by atoms with E-state index in [0.29, 0.717) is 29.3 Å². The van der Waals surface area contributed by atoms with E-state index in [9.17, 15) is 14.7 Å². The van der Waals surface area contributed by atoms with E-state index < -0.39 is 17.3 Å². The smallest absolute Gasteiger partial charge is 0.319 e. The first-order valence-corrected chi connectivity index (χ1v) is 6.67. The molecule has 0 atom stereocenters. The molecule has 1 aliphatic rings. The van der Waals surface area contributed by atoms with Gasteiger partial charge in [0.05, 0.1) is 12.8 Å². The summed E-state index contributed by atoms with van der Waals surface area (Å²) in [6, 6.07) is 3.27. The summed E-state index contributed by atoms with van der Waals surface area (Å²) in [5.74, 6) is -1.17. The van der Waals surface area contributed by atoms with E-state index in [2.05, 4.69) is 5.32 Å². The van der Waals surface area contributed by atoms with Crippen LogP contribution in [0.25, 0.3) is 0 Å². The van der Waals surface area contributed by atoms with Crippen molar-refractivity contribution in [2.45, 2.75) is 26.2 Å². The Balaban J connectivity index is 2.28. The summed E-state index contributed by atoms with van der Waals surface area (Å²) in [6.45, 7) is 1.80. The van der Waals surface area contributed by atoms with Gasteiger partial charge in [-0.05, 0) is 31.4 Å². The number of anilines is 1. The molecule has 1 aromatic rings. The zero-order valence-corrected chi connectivity index (χ0v) is 12.1. The molecule has 1 aliphatic carbocycles. The molecule has 2 rings (SSSR count). The van der Waals surface area contributed by atoms with Gasteiger partial charge in [0, 0.05) is 11.1 Å². The first-order chi connectivity index (χ1) is 9.40. The molecule has 5 nitrogen and oxygen atoms in total. The van der Waals surface area contributed by atoms with Gasteiger partial charge in [-0.15, -0.1) is 0 Å². The highest BCUT2D eigenvalue weighted by Gasteiger charge is 2.51. The van der Waals surface area contributed by atoms with Crippen LogP contribution in [0.3, 0.4) is 0 Å². The number of carboxylic acid groups (broad SMARTS) is 1. The van der Waals surface area contributed by atoms with Crippen molar-refractivity contribution in [3.05, 3.63) is 22.7 Å². The normalized spacial score (nSPS) is 16.1. The Hall–Kier alpha value is -1.75. The van der Waals surface area contributed by atoms with Crippen LogP contribution in [0.1, 0.15) is 24.8 Å². The third-order valence-corrected chi connectivity index (χ3v) is 4.19. The number of amides is 1. The second-order valence-electron chi connectivity index (χ2n) is 5.00. The quantitative estimate of drug-likeness (QED) is 0.838. The van der Waals surface area contributed by atoms with Crippen LogP contribution in [0.4, 0.5) is 5.69 Å². The van der Waals surface area contributed by atoms with Gasteiger partial charge in [-0.25, -0.2) is 0 Å². The summed E-state index contributed by atoms with van der Waals surface area (Å²) < 4.78 is 5.16. The van der Waals surface area contributed by atoms with Gasteiger partial charge < -0.3 is 15.2 Å². The van der Waals surface area contributed by atoms with Crippen molar-refractivity contribution in [1.29, 1.82) is 0 Å². The third-order valence-electron chi connectivity index (χ3n) is 3.78. The van der Waals surface area contributed by atoms with E-state index in [1.165, 1.54) is 7.11 Å². The van der Waals surface area contributed by atoms with Gasteiger partial charge in [-0.1, -0.05) is 18.0 Å². The minimum absolute atomic E-state index is 0.364. The zero-order chi connectivity index (χ0) is 14.9. The molecule has 0 radical (unpaired) electrons. The average Bonchev–Trinajstić information content (AvgIpc) is 2.31. The maximum atomic E-state index is 12.2. The van der Waals surface area contributed by atoms with Crippen molar-refractivity contribution in [1.82, 2.24) is 0 Å². The molecule has 0 saturated heterocycles. The summed E-state index contributed by atoms with van der Waals surface area (Å²) in [4.78, 5) is 23.5. The predicted molar refractivity (Wildman–Crippen MR) is 75.3 cm³/mol. The molecule has 0 spiro atoms. The van der Waals surface area contributed by atoms with Gasteiger partial charge in [0.1, 0.15) is 11.2 Å². The minimum Gasteiger partial charge on any atom is -0.495 e.